The number of carbonyl (C=O) groups excluding carboxylic acids is 2. The van der Waals surface area contributed by atoms with Crippen LogP contribution < -0.4 is 5.32 Å². The van der Waals surface area contributed by atoms with Crippen LogP contribution in [0.25, 0.3) is 0 Å². The quantitative estimate of drug-likeness (QED) is 0.831. The first-order chi connectivity index (χ1) is 9.35. The van der Waals surface area contributed by atoms with Gasteiger partial charge in [-0.2, -0.15) is 0 Å². The molecule has 1 N–H and O–H groups in total. The van der Waals surface area contributed by atoms with Crippen molar-refractivity contribution in [1.29, 1.82) is 0 Å². The molecule has 1 heterocycles. The second kappa shape index (κ2) is 5.72. The van der Waals surface area contributed by atoms with E-state index >= 15 is 0 Å². The van der Waals surface area contributed by atoms with Gasteiger partial charge >= 0.3 is 0 Å². The van der Waals surface area contributed by atoms with Crippen LogP contribution in [0.1, 0.15) is 46.5 Å². The zero-order valence-electron chi connectivity index (χ0n) is 12.8. The highest BCUT2D eigenvalue weighted by Gasteiger charge is 2.44. The van der Waals surface area contributed by atoms with Crippen LogP contribution in [-0.4, -0.2) is 48.6 Å². The number of carbonyl (C=O) groups is 2. The highest BCUT2D eigenvalue weighted by Crippen LogP contribution is 2.37. The molecule has 0 aromatic carbocycles. The van der Waals surface area contributed by atoms with Gasteiger partial charge in [-0.15, -0.1) is 0 Å². The average Bonchev–Trinajstić information content (AvgIpc) is 2.84. The first kappa shape index (κ1) is 15.3. The van der Waals surface area contributed by atoms with Gasteiger partial charge in [0.15, 0.2) is 0 Å². The summed E-state index contributed by atoms with van der Waals surface area (Å²) in [4.78, 5) is 26.3. The van der Waals surface area contributed by atoms with E-state index in [4.69, 9.17) is 4.74 Å². The average molecular weight is 282 g/mol. The van der Waals surface area contributed by atoms with Gasteiger partial charge < -0.3 is 15.0 Å². The minimum absolute atomic E-state index is 0.0211. The van der Waals surface area contributed by atoms with E-state index in [-0.39, 0.29) is 23.9 Å². The van der Waals surface area contributed by atoms with Crippen LogP contribution in [0.4, 0.5) is 0 Å². The molecule has 0 radical (unpaired) electrons. The molecule has 20 heavy (non-hydrogen) atoms. The molecule has 1 saturated carbocycles. The molecular weight excluding hydrogens is 256 g/mol. The lowest BCUT2D eigenvalue weighted by Gasteiger charge is -2.44. The zero-order chi connectivity index (χ0) is 14.8. The van der Waals surface area contributed by atoms with Crippen LogP contribution in [-0.2, 0) is 14.3 Å². The molecule has 2 rings (SSSR count). The van der Waals surface area contributed by atoms with Crippen molar-refractivity contribution in [3.05, 3.63) is 0 Å². The van der Waals surface area contributed by atoms with Gasteiger partial charge in [-0.25, -0.2) is 0 Å². The second-order valence-corrected chi connectivity index (χ2v) is 6.96. The number of amides is 2. The Kier molecular flexibility index (Phi) is 4.37. The fourth-order valence-corrected chi connectivity index (χ4v) is 3.09. The predicted molar refractivity (Wildman–Crippen MR) is 76.2 cm³/mol. The van der Waals surface area contributed by atoms with Crippen LogP contribution in [0, 0.1) is 5.41 Å². The van der Waals surface area contributed by atoms with Crippen molar-refractivity contribution in [3.63, 3.8) is 0 Å². The Morgan fingerprint density at radius 3 is 2.50 bits per heavy atom. The first-order valence-corrected chi connectivity index (χ1v) is 7.52. The first-order valence-electron chi connectivity index (χ1n) is 7.52. The number of rotatable bonds is 2. The molecule has 0 atom stereocenters. The lowest BCUT2D eigenvalue weighted by atomic mass is 9.94. The number of ether oxygens (including phenoxy) is 1. The van der Waals surface area contributed by atoms with Gasteiger partial charge in [-0.1, -0.05) is 33.6 Å². The molecule has 5 nitrogen and oxygen atoms in total. The van der Waals surface area contributed by atoms with Gasteiger partial charge in [0.2, 0.25) is 11.8 Å². The third-order valence-corrected chi connectivity index (χ3v) is 4.32. The molecular formula is C15H26N2O3. The Morgan fingerprint density at radius 1 is 1.25 bits per heavy atom. The number of nitrogens with zero attached hydrogens (tertiary/aromatic N) is 1. The van der Waals surface area contributed by atoms with Crippen molar-refractivity contribution in [2.24, 2.45) is 5.41 Å². The fraction of sp³-hybridized carbons (Fsp3) is 0.867. The van der Waals surface area contributed by atoms with E-state index in [1.807, 2.05) is 25.7 Å². The summed E-state index contributed by atoms with van der Waals surface area (Å²) in [5.41, 5.74) is -0.571. The molecule has 1 aliphatic carbocycles. The molecule has 5 heteroatoms. The van der Waals surface area contributed by atoms with E-state index in [0.717, 1.165) is 25.7 Å². The standard InChI is InChI=1S/C15H26N2O3/c1-14(2,3)13(19)16-10-12(18)17-8-9-20-11-15(17)6-4-5-7-15/h4-11H2,1-3H3,(H,16,19). The summed E-state index contributed by atoms with van der Waals surface area (Å²) < 4.78 is 5.59. The lowest BCUT2D eigenvalue weighted by Crippen LogP contribution is -2.59. The van der Waals surface area contributed by atoms with E-state index < -0.39 is 5.41 Å². The van der Waals surface area contributed by atoms with E-state index in [0.29, 0.717) is 19.8 Å². The van der Waals surface area contributed by atoms with Crippen LogP contribution in [0.5, 0.6) is 0 Å². The molecule has 114 valence electrons. The van der Waals surface area contributed by atoms with Gasteiger partial charge in [0.1, 0.15) is 0 Å². The molecule has 2 fully saturated rings. The number of nitrogens with one attached hydrogen (secondary N) is 1. The molecule has 0 aromatic heterocycles. The summed E-state index contributed by atoms with van der Waals surface area (Å²) in [5.74, 6) is -0.0626. The Hall–Kier alpha value is -1.10. The maximum absolute atomic E-state index is 12.4. The number of morpholine rings is 1. The van der Waals surface area contributed by atoms with E-state index in [9.17, 15) is 9.59 Å². The molecule has 2 amide bonds. The Morgan fingerprint density at radius 2 is 1.90 bits per heavy atom. The fourth-order valence-electron chi connectivity index (χ4n) is 3.09. The highest BCUT2D eigenvalue weighted by molar-refractivity contribution is 5.87. The summed E-state index contributed by atoms with van der Waals surface area (Å²) in [6.45, 7) is 7.52. The molecule has 1 saturated heterocycles. The summed E-state index contributed by atoms with van der Waals surface area (Å²) in [6, 6.07) is 0. The zero-order valence-corrected chi connectivity index (χ0v) is 12.8. The Bertz CT molecular complexity index is 381. The Balaban J connectivity index is 1.95. The van der Waals surface area contributed by atoms with Crippen molar-refractivity contribution in [3.8, 4) is 0 Å². The van der Waals surface area contributed by atoms with E-state index in [2.05, 4.69) is 5.32 Å². The third kappa shape index (κ3) is 3.14. The van der Waals surface area contributed by atoms with Gasteiger partial charge in [0, 0.05) is 12.0 Å². The van der Waals surface area contributed by atoms with Crippen LogP contribution in [0.2, 0.25) is 0 Å². The largest absolute Gasteiger partial charge is 0.377 e. The maximum atomic E-state index is 12.4. The van der Waals surface area contributed by atoms with Crippen molar-refractivity contribution < 1.29 is 14.3 Å². The van der Waals surface area contributed by atoms with Crippen molar-refractivity contribution in [1.82, 2.24) is 10.2 Å². The molecule has 0 bridgehead atoms. The van der Waals surface area contributed by atoms with Gasteiger partial charge in [-0.3, -0.25) is 9.59 Å². The monoisotopic (exact) mass is 282 g/mol. The number of hydrogen-bond acceptors (Lipinski definition) is 3. The molecule has 1 spiro atoms. The smallest absolute Gasteiger partial charge is 0.242 e. The van der Waals surface area contributed by atoms with Crippen LogP contribution in [0.3, 0.4) is 0 Å². The van der Waals surface area contributed by atoms with Gasteiger partial charge in [-0.05, 0) is 12.8 Å². The van der Waals surface area contributed by atoms with Crippen molar-refractivity contribution in [2.75, 3.05) is 26.3 Å². The van der Waals surface area contributed by atoms with E-state index in [1.54, 1.807) is 0 Å². The van der Waals surface area contributed by atoms with Crippen molar-refractivity contribution in [2.45, 2.75) is 52.0 Å². The van der Waals surface area contributed by atoms with Crippen molar-refractivity contribution >= 4 is 11.8 Å². The Labute approximate surface area is 121 Å². The molecule has 0 unspecified atom stereocenters. The molecule has 2 aliphatic rings. The minimum Gasteiger partial charge on any atom is -0.377 e. The summed E-state index contributed by atoms with van der Waals surface area (Å²) in [7, 11) is 0. The second-order valence-electron chi connectivity index (χ2n) is 6.96. The molecule has 0 aromatic rings. The topological polar surface area (TPSA) is 58.6 Å². The minimum atomic E-state index is -0.462. The van der Waals surface area contributed by atoms with Gasteiger partial charge in [0.05, 0.1) is 25.3 Å². The highest BCUT2D eigenvalue weighted by atomic mass is 16.5. The van der Waals surface area contributed by atoms with Crippen LogP contribution >= 0.6 is 0 Å². The lowest BCUT2D eigenvalue weighted by molar-refractivity contribution is -0.149. The summed E-state index contributed by atoms with van der Waals surface area (Å²) in [5, 5.41) is 2.76. The van der Waals surface area contributed by atoms with E-state index in [1.165, 1.54) is 0 Å². The van der Waals surface area contributed by atoms with Gasteiger partial charge in [0.25, 0.3) is 0 Å². The normalized spacial score (nSPS) is 22.1. The van der Waals surface area contributed by atoms with Crippen LogP contribution in [0.15, 0.2) is 0 Å². The predicted octanol–water partition coefficient (Wildman–Crippen LogP) is 1.32. The third-order valence-electron chi connectivity index (χ3n) is 4.32. The summed E-state index contributed by atoms with van der Waals surface area (Å²) in [6.07, 6.45) is 4.35. The SMILES string of the molecule is CC(C)(C)C(=O)NCC(=O)N1CCOCC12CCCC2. The molecule has 1 aliphatic heterocycles. The summed E-state index contributed by atoms with van der Waals surface area (Å²) >= 11 is 0. The number of hydrogen-bond donors (Lipinski definition) is 1. The maximum Gasteiger partial charge on any atom is 0.242 e.